The molecule has 4 N–H and O–H groups in total. The number of carbonyl (C=O) groups is 2. The van der Waals surface area contributed by atoms with Gasteiger partial charge in [0.25, 0.3) is 0 Å². The van der Waals surface area contributed by atoms with E-state index >= 15 is 0 Å². The minimum atomic E-state index is -0.174. The molecule has 1 aromatic rings. The lowest BCUT2D eigenvalue weighted by Crippen LogP contribution is -2.29. The molecule has 1 fully saturated rings. The van der Waals surface area contributed by atoms with Crippen molar-refractivity contribution in [2.45, 2.75) is 26.2 Å². The van der Waals surface area contributed by atoms with Crippen molar-refractivity contribution < 1.29 is 14.3 Å². The number of hydrogen-bond acceptors (Lipinski definition) is 4. The number of benzene rings is 1. The molecule has 2 amide bonds. The van der Waals surface area contributed by atoms with E-state index in [9.17, 15) is 9.59 Å². The highest BCUT2D eigenvalue weighted by Crippen LogP contribution is 2.33. The normalized spacial score (nSPS) is 20.5. The van der Waals surface area contributed by atoms with Gasteiger partial charge in [0.15, 0.2) is 0 Å². The van der Waals surface area contributed by atoms with Crippen LogP contribution in [-0.4, -0.2) is 25.5 Å². The maximum Gasteiger partial charge on any atom is 0.227 e. The van der Waals surface area contributed by atoms with Crippen molar-refractivity contribution in [1.29, 1.82) is 0 Å². The highest BCUT2D eigenvalue weighted by atomic mass is 16.5. The number of rotatable bonds is 5. The molecule has 6 heteroatoms. The molecule has 2 atom stereocenters. The molecular formula is C16H23N3O3. The molecule has 0 bridgehead atoms. The van der Waals surface area contributed by atoms with Crippen LogP contribution in [0, 0.1) is 11.8 Å². The SMILES string of the molecule is COc1cc(NC(=O)[C@@H]2CCC[C@@H]2CN)ccc1NC(C)=O. The maximum absolute atomic E-state index is 12.4. The Morgan fingerprint density at radius 1 is 1.32 bits per heavy atom. The van der Waals surface area contributed by atoms with Gasteiger partial charge in [-0.2, -0.15) is 0 Å². The first-order valence-corrected chi connectivity index (χ1v) is 7.51. The lowest BCUT2D eigenvalue weighted by Gasteiger charge is -2.18. The summed E-state index contributed by atoms with van der Waals surface area (Å²) in [6.07, 6.45) is 2.94. The minimum Gasteiger partial charge on any atom is -0.494 e. The summed E-state index contributed by atoms with van der Waals surface area (Å²) in [5, 5.41) is 5.60. The van der Waals surface area contributed by atoms with Crippen molar-refractivity contribution in [3.63, 3.8) is 0 Å². The van der Waals surface area contributed by atoms with Gasteiger partial charge in [0.05, 0.1) is 12.8 Å². The maximum atomic E-state index is 12.4. The number of carbonyl (C=O) groups excluding carboxylic acids is 2. The fourth-order valence-corrected chi connectivity index (χ4v) is 2.96. The van der Waals surface area contributed by atoms with Gasteiger partial charge in [0.1, 0.15) is 5.75 Å². The molecule has 1 aromatic carbocycles. The summed E-state index contributed by atoms with van der Waals surface area (Å²) in [6, 6.07) is 5.17. The Morgan fingerprint density at radius 2 is 2.09 bits per heavy atom. The van der Waals surface area contributed by atoms with E-state index in [1.807, 2.05) is 0 Å². The zero-order chi connectivity index (χ0) is 16.1. The van der Waals surface area contributed by atoms with E-state index in [-0.39, 0.29) is 23.7 Å². The van der Waals surface area contributed by atoms with Crippen molar-refractivity contribution in [3.8, 4) is 5.75 Å². The third-order valence-electron chi connectivity index (χ3n) is 4.08. The number of amides is 2. The molecule has 0 heterocycles. The number of anilines is 2. The van der Waals surface area contributed by atoms with Gasteiger partial charge in [-0.25, -0.2) is 0 Å². The summed E-state index contributed by atoms with van der Waals surface area (Å²) < 4.78 is 5.25. The van der Waals surface area contributed by atoms with Crippen molar-refractivity contribution in [1.82, 2.24) is 0 Å². The molecule has 0 saturated heterocycles. The first kappa shape index (κ1) is 16.3. The van der Waals surface area contributed by atoms with E-state index in [1.165, 1.54) is 14.0 Å². The van der Waals surface area contributed by atoms with Crippen molar-refractivity contribution >= 4 is 23.2 Å². The summed E-state index contributed by atoms with van der Waals surface area (Å²) in [4.78, 5) is 23.5. The van der Waals surface area contributed by atoms with Crippen LogP contribution in [-0.2, 0) is 9.59 Å². The van der Waals surface area contributed by atoms with Gasteiger partial charge < -0.3 is 21.1 Å². The Morgan fingerprint density at radius 3 is 2.73 bits per heavy atom. The van der Waals surface area contributed by atoms with Crippen molar-refractivity contribution in [2.75, 3.05) is 24.3 Å². The van der Waals surface area contributed by atoms with Gasteiger partial charge in [-0.05, 0) is 37.4 Å². The Hall–Kier alpha value is -2.08. The van der Waals surface area contributed by atoms with Crippen LogP contribution in [0.15, 0.2) is 18.2 Å². The lowest BCUT2D eigenvalue weighted by atomic mass is 9.95. The van der Waals surface area contributed by atoms with Gasteiger partial charge >= 0.3 is 0 Å². The van der Waals surface area contributed by atoms with Crippen molar-refractivity contribution in [3.05, 3.63) is 18.2 Å². The molecule has 0 spiro atoms. The van der Waals surface area contributed by atoms with Crippen LogP contribution in [0.3, 0.4) is 0 Å². The molecule has 1 saturated carbocycles. The van der Waals surface area contributed by atoms with Crippen molar-refractivity contribution in [2.24, 2.45) is 17.6 Å². The number of ether oxygens (including phenoxy) is 1. The molecule has 0 aromatic heterocycles. The zero-order valence-corrected chi connectivity index (χ0v) is 13.0. The Bertz CT molecular complexity index is 560. The summed E-state index contributed by atoms with van der Waals surface area (Å²) in [5.74, 6) is 0.579. The largest absolute Gasteiger partial charge is 0.494 e. The first-order chi connectivity index (χ1) is 10.5. The molecule has 0 aliphatic heterocycles. The molecule has 0 unspecified atom stereocenters. The standard InChI is InChI=1S/C16H23N3O3/c1-10(20)18-14-7-6-12(8-15(14)22-2)19-16(21)13-5-3-4-11(13)9-17/h6-8,11,13H,3-5,9,17H2,1-2H3,(H,18,20)(H,19,21)/t11-,13-/m1/s1. The van der Waals surface area contributed by atoms with E-state index in [0.29, 0.717) is 23.7 Å². The molecular weight excluding hydrogens is 282 g/mol. The van der Waals surface area contributed by atoms with E-state index < -0.39 is 0 Å². The lowest BCUT2D eigenvalue weighted by molar-refractivity contribution is -0.120. The third-order valence-corrected chi connectivity index (χ3v) is 4.08. The predicted octanol–water partition coefficient (Wildman–Crippen LogP) is 1.97. The van der Waals surface area contributed by atoms with Crippen LogP contribution in [0.25, 0.3) is 0 Å². The fourth-order valence-electron chi connectivity index (χ4n) is 2.96. The summed E-state index contributed by atoms with van der Waals surface area (Å²) in [6.45, 7) is 1.98. The molecule has 120 valence electrons. The Kier molecular flexibility index (Phi) is 5.38. The van der Waals surface area contributed by atoms with Crippen LogP contribution in [0.5, 0.6) is 5.75 Å². The quantitative estimate of drug-likeness (QED) is 0.775. The smallest absolute Gasteiger partial charge is 0.227 e. The summed E-state index contributed by atoms with van der Waals surface area (Å²) in [7, 11) is 1.52. The first-order valence-electron chi connectivity index (χ1n) is 7.51. The second-order valence-corrected chi connectivity index (χ2v) is 5.62. The second kappa shape index (κ2) is 7.26. The molecule has 22 heavy (non-hydrogen) atoms. The van der Waals surface area contributed by atoms with Crippen LogP contribution >= 0.6 is 0 Å². The topological polar surface area (TPSA) is 93.4 Å². The average molecular weight is 305 g/mol. The highest BCUT2D eigenvalue weighted by Gasteiger charge is 2.31. The van der Waals surface area contributed by atoms with E-state index in [4.69, 9.17) is 10.5 Å². The van der Waals surface area contributed by atoms with Gasteiger partial charge in [0.2, 0.25) is 11.8 Å². The van der Waals surface area contributed by atoms with E-state index in [1.54, 1.807) is 18.2 Å². The monoisotopic (exact) mass is 305 g/mol. The summed E-state index contributed by atoms with van der Waals surface area (Å²) in [5.41, 5.74) is 6.96. The molecule has 1 aliphatic rings. The molecule has 0 radical (unpaired) electrons. The number of nitrogens with two attached hydrogens (primary N) is 1. The predicted molar refractivity (Wildman–Crippen MR) is 85.8 cm³/mol. The van der Waals surface area contributed by atoms with Crippen LogP contribution < -0.4 is 21.1 Å². The van der Waals surface area contributed by atoms with Gasteiger partial charge in [0, 0.05) is 24.6 Å². The second-order valence-electron chi connectivity index (χ2n) is 5.62. The fraction of sp³-hybridized carbons (Fsp3) is 0.500. The van der Waals surface area contributed by atoms with Crippen LogP contribution in [0.1, 0.15) is 26.2 Å². The zero-order valence-electron chi connectivity index (χ0n) is 13.0. The van der Waals surface area contributed by atoms with Crippen LogP contribution in [0.2, 0.25) is 0 Å². The number of methoxy groups -OCH3 is 1. The molecule has 6 nitrogen and oxygen atoms in total. The van der Waals surface area contributed by atoms with E-state index in [2.05, 4.69) is 10.6 Å². The van der Waals surface area contributed by atoms with Gasteiger partial charge in [-0.3, -0.25) is 9.59 Å². The Labute approximate surface area is 130 Å². The number of hydrogen-bond donors (Lipinski definition) is 3. The average Bonchev–Trinajstić information content (AvgIpc) is 2.96. The van der Waals surface area contributed by atoms with E-state index in [0.717, 1.165) is 19.3 Å². The van der Waals surface area contributed by atoms with Gasteiger partial charge in [-0.15, -0.1) is 0 Å². The molecule has 1 aliphatic carbocycles. The van der Waals surface area contributed by atoms with Gasteiger partial charge in [-0.1, -0.05) is 6.42 Å². The minimum absolute atomic E-state index is 0.00211. The highest BCUT2D eigenvalue weighted by molar-refractivity contribution is 5.95. The third kappa shape index (κ3) is 3.76. The number of nitrogens with one attached hydrogen (secondary N) is 2. The van der Waals surface area contributed by atoms with Crippen LogP contribution in [0.4, 0.5) is 11.4 Å². The summed E-state index contributed by atoms with van der Waals surface area (Å²) >= 11 is 0. The molecule has 2 rings (SSSR count). The Balaban J connectivity index is 2.09.